The molecular weight excluding hydrogens is 210 g/mol. The van der Waals surface area contributed by atoms with Crippen LogP contribution < -0.4 is 16.4 Å². The van der Waals surface area contributed by atoms with E-state index in [0.29, 0.717) is 5.82 Å². The van der Waals surface area contributed by atoms with Crippen molar-refractivity contribution in [2.24, 2.45) is 5.73 Å². The molecule has 0 aromatic heterocycles. The molecule has 0 spiro atoms. The zero-order chi connectivity index (χ0) is 11.4. The van der Waals surface area contributed by atoms with Crippen molar-refractivity contribution in [2.75, 3.05) is 0 Å². The van der Waals surface area contributed by atoms with E-state index in [1.54, 1.807) is 6.20 Å². The molecule has 0 atom stereocenters. The van der Waals surface area contributed by atoms with Gasteiger partial charge in [-0.25, -0.2) is 0 Å². The smallest absolute Gasteiger partial charge is 0.117 e. The average molecular weight is 221 g/mol. The van der Waals surface area contributed by atoms with Crippen molar-refractivity contribution in [1.29, 1.82) is 0 Å². The Balaban J connectivity index is 2.09. The van der Waals surface area contributed by atoms with Gasteiger partial charge in [0, 0.05) is 22.7 Å². The first-order valence-electron chi connectivity index (χ1n) is 5.60. The van der Waals surface area contributed by atoms with Gasteiger partial charge in [-0.1, -0.05) is 36.4 Å². The summed E-state index contributed by atoms with van der Waals surface area (Å²) in [6.45, 7) is 0. The second kappa shape index (κ2) is 2.83. The summed E-state index contributed by atoms with van der Waals surface area (Å²) in [5.41, 5.74) is 10.5. The van der Waals surface area contributed by atoms with Crippen LogP contribution in [-0.4, -0.2) is 0 Å². The summed E-state index contributed by atoms with van der Waals surface area (Å²) in [7, 11) is 0. The van der Waals surface area contributed by atoms with Crippen LogP contribution in [0.5, 0.6) is 0 Å². The normalized spacial score (nSPS) is 16.4. The van der Waals surface area contributed by atoms with Crippen molar-refractivity contribution < 1.29 is 0 Å². The molecule has 2 aliphatic rings. The summed E-state index contributed by atoms with van der Waals surface area (Å²) in [6.07, 6.45) is 1.80. The van der Waals surface area contributed by atoms with Gasteiger partial charge in [0.15, 0.2) is 0 Å². The van der Waals surface area contributed by atoms with E-state index in [9.17, 15) is 0 Å². The predicted octanol–water partition coefficient (Wildman–Crippen LogP) is 1.93. The minimum Gasteiger partial charge on any atom is -0.384 e. The van der Waals surface area contributed by atoms with E-state index in [0.717, 1.165) is 11.4 Å². The molecule has 4 rings (SSSR count). The fourth-order valence-electron chi connectivity index (χ4n) is 2.64. The van der Waals surface area contributed by atoms with E-state index in [-0.39, 0.29) is 0 Å². The molecule has 0 bridgehead atoms. The van der Waals surface area contributed by atoms with Gasteiger partial charge in [0.05, 0.1) is 11.4 Å². The fourth-order valence-corrected chi connectivity index (χ4v) is 2.64. The molecule has 2 aromatic rings. The largest absolute Gasteiger partial charge is 0.384 e. The molecule has 17 heavy (non-hydrogen) atoms. The molecule has 0 radical (unpaired) electrons. The number of benzene rings is 2. The van der Waals surface area contributed by atoms with Crippen molar-refractivity contribution >= 4 is 22.2 Å². The van der Waals surface area contributed by atoms with Gasteiger partial charge in [-0.3, -0.25) is 0 Å². The second-order valence-corrected chi connectivity index (χ2v) is 4.33. The van der Waals surface area contributed by atoms with Crippen molar-refractivity contribution in [1.82, 2.24) is 10.6 Å². The maximum Gasteiger partial charge on any atom is 0.117 e. The Kier molecular flexibility index (Phi) is 1.45. The fraction of sp³-hybridized carbons (Fsp3) is 0. The first-order chi connectivity index (χ1) is 8.34. The molecule has 0 fully saturated rings. The molecule has 1 aliphatic heterocycles. The van der Waals surface area contributed by atoms with E-state index in [1.807, 2.05) is 0 Å². The standard InChI is InChI=1S/C14H11N3/c15-11-7-16-13-9-5-1-3-8-4-2-6-10(12(8)9)14(13)17-11/h1-7,16-17H,15H2. The summed E-state index contributed by atoms with van der Waals surface area (Å²) in [5.74, 6) is 0.647. The number of nitrogens with two attached hydrogens (primary N) is 1. The first-order valence-corrected chi connectivity index (χ1v) is 5.60. The molecule has 1 aliphatic carbocycles. The Labute approximate surface area is 98.6 Å². The summed E-state index contributed by atoms with van der Waals surface area (Å²) in [5, 5.41) is 9.06. The highest BCUT2D eigenvalue weighted by atomic mass is 15.1. The third-order valence-corrected chi connectivity index (χ3v) is 3.33. The lowest BCUT2D eigenvalue weighted by molar-refractivity contribution is 0.976. The Morgan fingerprint density at radius 1 is 0.882 bits per heavy atom. The predicted molar refractivity (Wildman–Crippen MR) is 69.3 cm³/mol. The highest BCUT2D eigenvalue weighted by molar-refractivity contribution is 6.13. The zero-order valence-electron chi connectivity index (χ0n) is 9.12. The highest BCUT2D eigenvalue weighted by Crippen LogP contribution is 2.40. The molecule has 1 heterocycles. The van der Waals surface area contributed by atoms with Crippen LogP contribution in [0.1, 0.15) is 11.1 Å². The lowest BCUT2D eigenvalue weighted by Gasteiger charge is -2.17. The Morgan fingerprint density at radius 2 is 1.59 bits per heavy atom. The third kappa shape index (κ3) is 1.00. The van der Waals surface area contributed by atoms with Gasteiger partial charge in [0.25, 0.3) is 0 Å². The van der Waals surface area contributed by atoms with Crippen LogP contribution in [0.25, 0.3) is 22.2 Å². The maximum atomic E-state index is 5.81. The van der Waals surface area contributed by atoms with Crippen LogP contribution in [0.15, 0.2) is 48.4 Å². The summed E-state index contributed by atoms with van der Waals surface area (Å²) in [6, 6.07) is 12.7. The van der Waals surface area contributed by atoms with Gasteiger partial charge >= 0.3 is 0 Å². The Hall–Kier alpha value is -2.42. The van der Waals surface area contributed by atoms with Crippen LogP contribution in [0, 0.1) is 0 Å². The molecule has 2 aromatic carbocycles. The topological polar surface area (TPSA) is 50.1 Å². The van der Waals surface area contributed by atoms with Crippen LogP contribution in [0.4, 0.5) is 0 Å². The monoisotopic (exact) mass is 221 g/mol. The van der Waals surface area contributed by atoms with Crippen LogP contribution in [0.3, 0.4) is 0 Å². The molecule has 0 unspecified atom stereocenters. The molecule has 4 N–H and O–H groups in total. The lowest BCUT2D eigenvalue weighted by Crippen LogP contribution is -2.27. The first kappa shape index (κ1) is 8.70. The van der Waals surface area contributed by atoms with Crippen molar-refractivity contribution in [3.8, 4) is 0 Å². The van der Waals surface area contributed by atoms with Gasteiger partial charge < -0.3 is 16.4 Å². The molecule has 3 nitrogen and oxygen atoms in total. The van der Waals surface area contributed by atoms with E-state index in [4.69, 9.17) is 5.73 Å². The summed E-state index contributed by atoms with van der Waals surface area (Å²) in [4.78, 5) is 0. The van der Waals surface area contributed by atoms with E-state index >= 15 is 0 Å². The molecule has 0 saturated carbocycles. The molecule has 0 amide bonds. The minimum atomic E-state index is 0.647. The van der Waals surface area contributed by atoms with Crippen LogP contribution in [0.2, 0.25) is 0 Å². The number of nitrogens with one attached hydrogen (secondary N) is 2. The van der Waals surface area contributed by atoms with Crippen LogP contribution >= 0.6 is 0 Å². The van der Waals surface area contributed by atoms with E-state index in [2.05, 4.69) is 47.0 Å². The Morgan fingerprint density at radius 3 is 2.35 bits per heavy atom. The van der Waals surface area contributed by atoms with Crippen molar-refractivity contribution in [3.63, 3.8) is 0 Å². The van der Waals surface area contributed by atoms with Gasteiger partial charge in [-0.15, -0.1) is 0 Å². The number of hydrogen-bond acceptors (Lipinski definition) is 3. The van der Waals surface area contributed by atoms with Crippen molar-refractivity contribution in [2.45, 2.75) is 0 Å². The summed E-state index contributed by atoms with van der Waals surface area (Å²) >= 11 is 0. The highest BCUT2D eigenvalue weighted by Gasteiger charge is 2.25. The quantitative estimate of drug-likeness (QED) is 0.637. The number of rotatable bonds is 0. The summed E-state index contributed by atoms with van der Waals surface area (Å²) < 4.78 is 0. The van der Waals surface area contributed by atoms with Gasteiger partial charge in [-0.2, -0.15) is 0 Å². The van der Waals surface area contributed by atoms with E-state index < -0.39 is 0 Å². The van der Waals surface area contributed by atoms with Crippen LogP contribution in [-0.2, 0) is 0 Å². The van der Waals surface area contributed by atoms with E-state index in [1.165, 1.54) is 21.9 Å². The molecular formula is C14H11N3. The maximum absolute atomic E-state index is 5.81. The molecule has 0 saturated heterocycles. The molecule has 3 heteroatoms. The molecule has 82 valence electrons. The average Bonchev–Trinajstić information content (AvgIpc) is 2.67. The van der Waals surface area contributed by atoms with Crippen molar-refractivity contribution in [3.05, 3.63) is 59.5 Å². The Bertz CT molecular complexity index is 705. The SMILES string of the molecule is NC1=CNC2=C(N1)c1cccc3cccc2c13. The van der Waals surface area contributed by atoms with Gasteiger partial charge in [-0.05, 0) is 5.39 Å². The lowest BCUT2D eigenvalue weighted by atomic mass is 10.0. The second-order valence-electron chi connectivity index (χ2n) is 4.33. The third-order valence-electron chi connectivity index (χ3n) is 3.33. The van der Waals surface area contributed by atoms with Gasteiger partial charge in [0.1, 0.15) is 5.82 Å². The number of fused-ring (bicyclic) bond motifs is 2. The number of hydrogen-bond donors (Lipinski definition) is 3. The van der Waals surface area contributed by atoms with Gasteiger partial charge in [0.2, 0.25) is 0 Å². The zero-order valence-corrected chi connectivity index (χ0v) is 9.12. The minimum absolute atomic E-state index is 0.647.